The summed E-state index contributed by atoms with van der Waals surface area (Å²) in [5.74, 6) is -1.78. The van der Waals surface area contributed by atoms with E-state index in [1.165, 1.54) is 29.8 Å². The number of rotatable bonds is 8. The second kappa shape index (κ2) is 13.5. The van der Waals surface area contributed by atoms with E-state index in [1.807, 2.05) is 4.90 Å². The smallest absolute Gasteiger partial charge is 0.370 e. The number of alkyl halides is 3. The highest BCUT2D eigenvalue weighted by molar-refractivity contribution is 6.34. The summed E-state index contributed by atoms with van der Waals surface area (Å²) < 4.78 is 43.4. The first kappa shape index (κ1) is 32.9. The third kappa shape index (κ3) is 7.17. The van der Waals surface area contributed by atoms with Crippen LogP contribution in [-0.4, -0.2) is 92.0 Å². The van der Waals surface area contributed by atoms with Crippen LogP contribution in [0.5, 0.6) is 0 Å². The van der Waals surface area contributed by atoms with Gasteiger partial charge in [-0.25, -0.2) is 4.98 Å². The lowest BCUT2D eigenvalue weighted by Gasteiger charge is -2.37. The van der Waals surface area contributed by atoms with Gasteiger partial charge >= 0.3 is 6.18 Å². The first-order valence-corrected chi connectivity index (χ1v) is 15.1. The standard InChI is InChI=1S/C29H33ClF3N9O4/c1-39-22(20-16-42(9-6-23(34)43)38-24(20)29(31,32)33)15-36-25(39)26(44)37-18-2-3-19(21(30)14-18)28(46)41-12-10-40(11-13-41)27(45)17-4-7-35-8-5-17/h2-3,14-17,35H,4-13H2,1H3,(H2,34,43)(H,37,44). The lowest BCUT2D eigenvalue weighted by atomic mass is 9.96. The highest BCUT2D eigenvalue weighted by Gasteiger charge is 2.39. The molecule has 0 unspecified atom stereocenters. The molecule has 2 saturated heterocycles. The zero-order chi connectivity index (χ0) is 33.2. The molecule has 0 saturated carbocycles. The van der Waals surface area contributed by atoms with Crippen LogP contribution in [0.15, 0.2) is 30.6 Å². The number of primary amides is 1. The highest BCUT2D eigenvalue weighted by Crippen LogP contribution is 2.36. The number of halogens is 4. The fourth-order valence-electron chi connectivity index (χ4n) is 5.61. The molecule has 0 spiro atoms. The summed E-state index contributed by atoms with van der Waals surface area (Å²) >= 11 is 6.44. The summed E-state index contributed by atoms with van der Waals surface area (Å²) in [5, 5.41) is 9.52. The third-order valence-electron chi connectivity index (χ3n) is 8.11. The highest BCUT2D eigenvalue weighted by atomic mass is 35.5. The Hall–Kier alpha value is -4.44. The number of anilines is 1. The average molecular weight is 664 g/mol. The van der Waals surface area contributed by atoms with Crippen LogP contribution in [0.3, 0.4) is 0 Å². The van der Waals surface area contributed by atoms with Crippen LogP contribution in [0, 0.1) is 5.92 Å². The molecule has 0 radical (unpaired) electrons. The van der Waals surface area contributed by atoms with Crippen molar-refractivity contribution in [3.8, 4) is 11.3 Å². The molecule has 0 bridgehead atoms. The van der Waals surface area contributed by atoms with Crippen molar-refractivity contribution in [3.05, 3.63) is 52.7 Å². The van der Waals surface area contributed by atoms with Crippen LogP contribution in [0.2, 0.25) is 5.02 Å². The Kier molecular flexibility index (Phi) is 9.67. The Balaban J connectivity index is 1.24. The largest absolute Gasteiger partial charge is 0.435 e. The molecule has 4 heterocycles. The number of amides is 4. The summed E-state index contributed by atoms with van der Waals surface area (Å²) in [4.78, 5) is 57.7. The minimum absolute atomic E-state index is 0.00828. The molecule has 2 fully saturated rings. The molecule has 4 amide bonds. The summed E-state index contributed by atoms with van der Waals surface area (Å²) in [7, 11) is 1.38. The average Bonchev–Trinajstić information content (AvgIpc) is 3.63. The van der Waals surface area contributed by atoms with Gasteiger partial charge in [-0.1, -0.05) is 11.6 Å². The van der Waals surface area contributed by atoms with Crippen LogP contribution in [-0.2, 0) is 29.4 Å². The van der Waals surface area contributed by atoms with Gasteiger partial charge in [-0.3, -0.25) is 23.9 Å². The van der Waals surface area contributed by atoms with Crippen molar-refractivity contribution < 1.29 is 32.3 Å². The number of piperazine rings is 1. The monoisotopic (exact) mass is 663 g/mol. The van der Waals surface area contributed by atoms with Crippen molar-refractivity contribution in [3.63, 3.8) is 0 Å². The maximum Gasteiger partial charge on any atom is 0.435 e. The van der Waals surface area contributed by atoms with Gasteiger partial charge < -0.3 is 30.7 Å². The lowest BCUT2D eigenvalue weighted by molar-refractivity contribution is -0.141. The molecule has 17 heteroatoms. The van der Waals surface area contributed by atoms with Crippen molar-refractivity contribution >= 4 is 40.9 Å². The van der Waals surface area contributed by atoms with E-state index in [2.05, 4.69) is 20.7 Å². The van der Waals surface area contributed by atoms with Gasteiger partial charge in [0.15, 0.2) is 11.5 Å². The fraction of sp³-hybridized carbons (Fsp3) is 0.448. The molecule has 2 aromatic heterocycles. The Morgan fingerprint density at radius 3 is 2.39 bits per heavy atom. The molecule has 2 aliphatic rings. The minimum Gasteiger partial charge on any atom is -0.370 e. The second-order valence-electron chi connectivity index (χ2n) is 11.2. The van der Waals surface area contributed by atoms with Gasteiger partial charge in [-0.2, -0.15) is 18.3 Å². The summed E-state index contributed by atoms with van der Waals surface area (Å²) in [5.41, 5.74) is 4.02. The van der Waals surface area contributed by atoms with Crippen molar-refractivity contribution in [2.24, 2.45) is 18.7 Å². The third-order valence-corrected chi connectivity index (χ3v) is 8.42. The molecule has 2 aliphatic heterocycles. The molecule has 5 rings (SSSR count). The predicted octanol–water partition coefficient (Wildman–Crippen LogP) is 2.37. The number of hydrogen-bond acceptors (Lipinski definition) is 7. The van der Waals surface area contributed by atoms with E-state index in [0.29, 0.717) is 26.2 Å². The van der Waals surface area contributed by atoms with E-state index >= 15 is 0 Å². The molecule has 0 atom stereocenters. The molecule has 46 heavy (non-hydrogen) atoms. The topological polar surface area (TPSA) is 160 Å². The first-order chi connectivity index (χ1) is 21.8. The maximum absolute atomic E-state index is 13.8. The second-order valence-corrected chi connectivity index (χ2v) is 11.6. The Bertz CT molecular complexity index is 1640. The van der Waals surface area contributed by atoms with Gasteiger partial charge in [0.05, 0.1) is 28.0 Å². The zero-order valence-corrected chi connectivity index (χ0v) is 25.7. The molecular formula is C29H33ClF3N9O4. The van der Waals surface area contributed by atoms with E-state index in [4.69, 9.17) is 17.3 Å². The predicted molar refractivity (Wildman–Crippen MR) is 161 cm³/mol. The van der Waals surface area contributed by atoms with Gasteiger partial charge in [0.25, 0.3) is 11.8 Å². The van der Waals surface area contributed by atoms with Gasteiger partial charge in [-0.15, -0.1) is 0 Å². The van der Waals surface area contributed by atoms with Gasteiger partial charge in [-0.05, 0) is 44.1 Å². The number of piperidine rings is 1. The van der Waals surface area contributed by atoms with Crippen LogP contribution in [0.1, 0.15) is 45.9 Å². The first-order valence-electron chi connectivity index (χ1n) is 14.7. The number of nitrogens with one attached hydrogen (secondary N) is 2. The summed E-state index contributed by atoms with van der Waals surface area (Å²) in [6.45, 7) is 3.09. The van der Waals surface area contributed by atoms with E-state index in [9.17, 15) is 32.3 Å². The van der Waals surface area contributed by atoms with Crippen LogP contribution < -0.4 is 16.4 Å². The normalized spacial score (nSPS) is 16.0. The van der Waals surface area contributed by atoms with Crippen molar-refractivity contribution in [2.75, 3.05) is 44.6 Å². The number of nitrogens with two attached hydrogens (primary N) is 1. The number of imidazole rings is 1. The van der Waals surface area contributed by atoms with Crippen molar-refractivity contribution in [1.29, 1.82) is 0 Å². The van der Waals surface area contributed by atoms with E-state index in [0.717, 1.165) is 43.0 Å². The van der Waals surface area contributed by atoms with Crippen molar-refractivity contribution in [1.82, 2.24) is 34.4 Å². The van der Waals surface area contributed by atoms with Crippen LogP contribution in [0.4, 0.5) is 18.9 Å². The maximum atomic E-state index is 13.8. The van der Waals surface area contributed by atoms with Gasteiger partial charge in [0.2, 0.25) is 11.8 Å². The Morgan fingerprint density at radius 1 is 1.09 bits per heavy atom. The SMILES string of the molecule is Cn1c(-c2cn(CCC(N)=O)nc2C(F)(F)F)cnc1C(=O)Nc1ccc(C(=O)N2CCN(C(=O)C3CCNCC3)CC2)c(Cl)c1. The van der Waals surface area contributed by atoms with Crippen molar-refractivity contribution in [2.45, 2.75) is 32.0 Å². The molecular weight excluding hydrogens is 631 g/mol. The molecule has 4 N–H and O–H groups in total. The fourth-order valence-corrected chi connectivity index (χ4v) is 5.87. The zero-order valence-electron chi connectivity index (χ0n) is 24.9. The molecule has 246 valence electrons. The number of aromatic nitrogens is 4. The summed E-state index contributed by atoms with van der Waals surface area (Å²) in [6, 6.07) is 4.37. The van der Waals surface area contributed by atoms with E-state index in [1.54, 1.807) is 4.90 Å². The number of nitrogens with zero attached hydrogens (tertiary/aromatic N) is 6. The minimum atomic E-state index is -4.81. The number of carbonyl (C=O) groups is 4. The van der Waals surface area contributed by atoms with E-state index in [-0.39, 0.29) is 64.1 Å². The number of benzene rings is 1. The Labute approximate surface area is 266 Å². The quantitative estimate of drug-likeness (QED) is 0.334. The van der Waals surface area contributed by atoms with Gasteiger partial charge in [0.1, 0.15) is 0 Å². The number of aryl methyl sites for hydroxylation is 1. The number of carbonyl (C=O) groups excluding carboxylic acids is 4. The molecule has 3 aromatic rings. The lowest BCUT2D eigenvalue weighted by Crippen LogP contribution is -2.52. The van der Waals surface area contributed by atoms with Gasteiger partial charge in [0, 0.05) is 64.0 Å². The van der Waals surface area contributed by atoms with Crippen LogP contribution in [0.25, 0.3) is 11.3 Å². The Morgan fingerprint density at radius 2 is 1.76 bits per heavy atom. The molecule has 13 nitrogen and oxygen atoms in total. The molecule has 1 aromatic carbocycles. The summed E-state index contributed by atoms with van der Waals surface area (Å²) in [6.07, 6.45) is -1.17. The molecule has 0 aliphatic carbocycles. The van der Waals surface area contributed by atoms with Crippen LogP contribution >= 0.6 is 11.6 Å². The number of hydrogen-bond donors (Lipinski definition) is 3. The van der Waals surface area contributed by atoms with E-state index < -0.39 is 23.7 Å².